The van der Waals surface area contributed by atoms with Crippen molar-refractivity contribution in [1.29, 1.82) is 0 Å². The number of likely N-dealkylation sites (N-methyl/N-ethyl adjacent to an activating group) is 1. The Morgan fingerprint density at radius 2 is 1.58 bits per heavy atom. The van der Waals surface area contributed by atoms with Gasteiger partial charge in [-0.15, -0.1) is 0 Å². The van der Waals surface area contributed by atoms with Crippen molar-refractivity contribution in [2.75, 3.05) is 72.5 Å². The largest absolute Gasteiger partial charge is 0.447 e. The first-order chi connectivity index (χ1) is 17.4. The highest BCUT2D eigenvalue weighted by molar-refractivity contribution is 5.92. The van der Waals surface area contributed by atoms with Crippen LogP contribution in [0, 0.1) is 0 Å². The van der Waals surface area contributed by atoms with Crippen LogP contribution < -0.4 is 0 Å². The maximum absolute atomic E-state index is 13.0. The maximum atomic E-state index is 13.0. The van der Waals surface area contributed by atoms with Gasteiger partial charge < -0.3 is 19.3 Å². The fourth-order valence-electron chi connectivity index (χ4n) is 4.81. The lowest BCUT2D eigenvalue weighted by atomic mass is 10.2. The van der Waals surface area contributed by atoms with Crippen LogP contribution >= 0.6 is 0 Å². The van der Waals surface area contributed by atoms with Crippen LogP contribution in [-0.2, 0) is 13.1 Å². The Morgan fingerprint density at radius 3 is 2.25 bits per heavy atom. The van der Waals surface area contributed by atoms with E-state index in [9.17, 15) is 9.90 Å². The minimum Gasteiger partial charge on any atom is -0.447 e. The second-order valence-electron chi connectivity index (χ2n) is 10.4. The first-order valence-electron chi connectivity index (χ1n) is 13.2. The van der Waals surface area contributed by atoms with Gasteiger partial charge in [0.15, 0.2) is 5.69 Å². The van der Waals surface area contributed by atoms with Crippen molar-refractivity contribution < 1.29 is 14.3 Å². The topological polar surface area (TPSA) is 79.5 Å². The van der Waals surface area contributed by atoms with E-state index >= 15 is 0 Å². The van der Waals surface area contributed by atoms with Gasteiger partial charge in [0.25, 0.3) is 5.91 Å². The number of aliphatic hydroxyl groups is 1. The number of nitrogens with zero attached hydrogens (tertiary/aromatic N) is 6. The number of carbonyl (C=O) groups excluding carboxylic acids is 1. The molecule has 2 aliphatic rings. The summed E-state index contributed by atoms with van der Waals surface area (Å²) in [6.07, 6.45) is 1.16. The van der Waals surface area contributed by atoms with E-state index < -0.39 is 0 Å². The third kappa shape index (κ3) is 7.60. The Bertz CT molecular complexity index is 936. The third-order valence-corrected chi connectivity index (χ3v) is 7.35. The minimum atomic E-state index is -0.343. The van der Waals surface area contributed by atoms with E-state index in [1.54, 1.807) is 0 Å². The number of hydrogen-bond donors (Lipinski definition) is 1. The molecule has 2 saturated heterocycles. The molecule has 1 atom stereocenters. The summed E-state index contributed by atoms with van der Waals surface area (Å²) < 4.78 is 5.67. The molecule has 9 heteroatoms. The Labute approximate surface area is 215 Å². The molecule has 4 rings (SSSR count). The van der Waals surface area contributed by atoms with Crippen molar-refractivity contribution in [3.63, 3.8) is 0 Å². The van der Waals surface area contributed by atoms with Crippen LogP contribution in [0.4, 0.5) is 0 Å². The summed E-state index contributed by atoms with van der Waals surface area (Å²) >= 11 is 0. The molecule has 1 aromatic heterocycles. The van der Waals surface area contributed by atoms with E-state index in [2.05, 4.69) is 62.7 Å². The molecular weight excluding hydrogens is 456 g/mol. The van der Waals surface area contributed by atoms with E-state index in [-0.39, 0.29) is 12.0 Å². The molecule has 2 aromatic rings. The van der Waals surface area contributed by atoms with Crippen molar-refractivity contribution in [3.05, 3.63) is 53.7 Å². The summed E-state index contributed by atoms with van der Waals surface area (Å²) in [6, 6.07) is 10.9. The first kappa shape index (κ1) is 26.8. The van der Waals surface area contributed by atoms with Gasteiger partial charge in [0.2, 0.25) is 5.89 Å². The van der Waals surface area contributed by atoms with Gasteiger partial charge in [0.1, 0.15) is 6.26 Å². The molecule has 36 heavy (non-hydrogen) atoms. The van der Waals surface area contributed by atoms with Gasteiger partial charge in [-0.3, -0.25) is 19.5 Å². The lowest BCUT2D eigenvalue weighted by molar-refractivity contribution is 0.0469. The number of carbonyl (C=O) groups is 1. The second kappa shape index (κ2) is 12.8. The summed E-state index contributed by atoms with van der Waals surface area (Å²) in [4.78, 5) is 28.5. The van der Waals surface area contributed by atoms with Crippen LogP contribution in [0.15, 0.2) is 41.0 Å². The summed E-state index contributed by atoms with van der Waals surface area (Å²) in [6.45, 7) is 13.9. The highest BCUT2D eigenvalue weighted by Crippen LogP contribution is 2.14. The van der Waals surface area contributed by atoms with E-state index in [1.807, 2.05) is 18.0 Å². The monoisotopic (exact) mass is 498 g/mol. The van der Waals surface area contributed by atoms with Crippen molar-refractivity contribution >= 4 is 5.91 Å². The van der Waals surface area contributed by atoms with Gasteiger partial charge in [0, 0.05) is 78.0 Å². The summed E-state index contributed by atoms with van der Waals surface area (Å²) in [5.74, 6) is 0.544. The number of piperazine rings is 2. The summed E-state index contributed by atoms with van der Waals surface area (Å²) in [7, 11) is 2.05. The number of β-amino-alcohol motifs (C(OH)–C–C–N with tert-alkyl or cyclic N) is 1. The molecule has 1 N–H and O–H groups in total. The SMILES string of the molecule is CC(C)N(C)C[C@@H](O)CN1CCN(Cc2nc(C(=O)N3CCN(Cc4ccccc4)CC3)co2)CC1. The molecule has 9 nitrogen and oxygen atoms in total. The molecular formula is C27H42N6O3. The van der Waals surface area contributed by atoms with Crippen molar-refractivity contribution in [1.82, 2.24) is 29.5 Å². The van der Waals surface area contributed by atoms with E-state index in [4.69, 9.17) is 4.42 Å². The highest BCUT2D eigenvalue weighted by Gasteiger charge is 2.26. The predicted molar refractivity (Wildman–Crippen MR) is 140 cm³/mol. The number of hydrogen-bond acceptors (Lipinski definition) is 8. The molecule has 0 spiro atoms. The molecule has 0 saturated carbocycles. The number of amides is 1. The number of oxazole rings is 1. The highest BCUT2D eigenvalue weighted by atomic mass is 16.3. The van der Waals surface area contributed by atoms with E-state index in [0.717, 1.165) is 45.8 Å². The number of benzene rings is 1. The predicted octanol–water partition coefficient (Wildman–Crippen LogP) is 1.45. The smallest absolute Gasteiger partial charge is 0.275 e. The summed E-state index contributed by atoms with van der Waals surface area (Å²) in [5, 5.41) is 10.4. The second-order valence-corrected chi connectivity index (χ2v) is 10.4. The zero-order chi connectivity index (χ0) is 25.5. The zero-order valence-corrected chi connectivity index (χ0v) is 22.1. The quantitative estimate of drug-likeness (QED) is 0.528. The molecule has 0 unspecified atom stereocenters. The lowest BCUT2D eigenvalue weighted by Crippen LogP contribution is -2.49. The molecule has 0 bridgehead atoms. The maximum Gasteiger partial charge on any atom is 0.275 e. The molecule has 2 fully saturated rings. The number of rotatable bonds is 10. The van der Waals surface area contributed by atoms with Crippen LogP contribution in [0.5, 0.6) is 0 Å². The van der Waals surface area contributed by atoms with Gasteiger partial charge in [-0.25, -0.2) is 4.98 Å². The average Bonchev–Trinajstić information content (AvgIpc) is 3.34. The lowest BCUT2D eigenvalue weighted by Gasteiger charge is -2.35. The van der Waals surface area contributed by atoms with Crippen LogP contribution in [0.2, 0.25) is 0 Å². The van der Waals surface area contributed by atoms with Crippen LogP contribution in [0.3, 0.4) is 0 Å². The Morgan fingerprint density at radius 1 is 0.972 bits per heavy atom. The van der Waals surface area contributed by atoms with Crippen molar-refractivity contribution in [2.45, 2.75) is 39.1 Å². The fourth-order valence-corrected chi connectivity index (χ4v) is 4.81. The Balaban J connectivity index is 1.17. The number of aliphatic hydroxyl groups excluding tert-OH is 1. The number of aromatic nitrogens is 1. The van der Waals surface area contributed by atoms with Crippen LogP contribution in [0.1, 0.15) is 35.8 Å². The van der Waals surface area contributed by atoms with Crippen LogP contribution in [0.25, 0.3) is 0 Å². The molecule has 3 heterocycles. The van der Waals surface area contributed by atoms with E-state index in [1.165, 1.54) is 11.8 Å². The normalized spacial score (nSPS) is 19.3. The van der Waals surface area contributed by atoms with Gasteiger partial charge in [0.05, 0.1) is 12.6 Å². The van der Waals surface area contributed by atoms with Gasteiger partial charge >= 0.3 is 0 Å². The van der Waals surface area contributed by atoms with Gasteiger partial charge in [-0.2, -0.15) is 0 Å². The van der Waals surface area contributed by atoms with E-state index in [0.29, 0.717) is 50.4 Å². The fraction of sp³-hybridized carbons (Fsp3) is 0.630. The first-order valence-corrected chi connectivity index (χ1v) is 13.2. The Hall–Kier alpha value is -2.30. The van der Waals surface area contributed by atoms with Crippen LogP contribution in [-0.4, -0.2) is 125 Å². The minimum absolute atomic E-state index is 0.0467. The molecule has 0 radical (unpaired) electrons. The molecule has 198 valence electrons. The molecule has 0 aliphatic carbocycles. The summed E-state index contributed by atoms with van der Waals surface area (Å²) in [5.41, 5.74) is 1.70. The molecule has 1 aromatic carbocycles. The Kier molecular flexibility index (Phi) is 9.50. The average molecular weight is 499 g/mol. The zero-order valence-electron chi connectivity index (χ0n) is 22.1. The van der Waals surface area contributed by atoms with Gasteiger partial charge in [-0.05, 0) is 26.5 Å². The molecule has 1 amide bonds. The molecule has 2 aliphatic heterocycles. The standard InChI is InChI=1S/C27H42N6O3/c1-22(2)29(3)18-24(34)19-31-9-11-32(12-10-31)20-26-28-25(21-36-26)27(35)33-15-13-30(14-16-33)17-23-7-5-4-6-8-23/h4-8,21-22,24,34H,9-20H2,1-3H3/t24-/m1/s1. The van der Waals surface area contributed by atoms with Crippen molar-refractivity contribution in [3.8, 4) is 0 Å². The van der Waals surface area contributed by atoms with Crippen molar-refractivity contribution in [2.24, 2.45) is 0 Å². The van der Waals surface area contributed by atoms with Gasteiger partial charge in [-0.1, -0.05) is 30.3 Å². The third-order valence-electron chi connectivity index (χ3n) is 7.35.